The first-order valence-corrected chi connectivity index (χ1v) is 7.69. The van der Waals surface area contributed by atoms with Gasteiger partial charge in [0.25, 0.3) is 0 Å². The summed E-state index contributed by atoms with van der Waals surface area (Å²) in [5.41, 5.74) is -1.05. The minimum atomic E-state index is -1.32. The monoisotopic (exact) mass is 342 g/mol. The molecule has 0 radical (unpaired) electrons. The molecule has 1 aromatic carbocycles. The highest BCUT2D eigenvalue weighted by atomic mass is 19.2. The lowest BCUT2D eigenvalue weighted by atomic mass is 10.1. The fourth-order valence-corrected chi connectivity index (χ4v) is 3.00. The molecule has 0 amide bonds. The third-order valence-electron chi connectivity index (χ3n) is 4.55. The van der Waals surface area contributed by atoms with Crippen molar-refractivity contribution in [2.75, 3.05) is 7.11 Å². The number of carbonyl (C=O) groups excluding carboxylic acids is 1. The number of allylic oxidation sites excluding steroid dienone is 2. The number of benzene rings is 1. The number of methoxy groups -OCH3 is 1. The Hall–Kier alpha value is -1.82. The summed E-state index contributed by atoms with van der Waals surface area (Å²) in [6, 6.07) is 0.835. The number of hydrogen-bond acceptors (Lipinski definition) is 3. The second kappa shape index (κ2) is 6.97. The maximum Gasteiger partial charge on any atom is 0.310 e. The molecule has 132 valence electrons. The van der Waals surface area contributed by atoms with Gasteiger partial charge in [-0.2, -0.15) is 0 Å². The van der Waals surface area contributed by atoms with Crippen LogP contribution in [0.4, 0.5) is 13.2 Å². The maximum atomic E-state index is 14.0. The number of hydrogen-bond donors (Lipinski definition) is 0. The van der Waals surface area contributed by atoms with Crippen LogP contribution in [0.5, 0.6) is 0 Å². The molecular weight excluding hydrogens is 321 g/mol. The van der Waals surface area contributed by atoms with Gasteiger partial charge in [-0.15, -0.1) is 0 Å². The molecule has 0 bridgehead atoms. The number of esters is 1. The van der Waals surface area contributed by atoms with E-state index in [2.05, 4.69) is 4.74 Å². The molecule has 24 heavy (non-hydrogen) atoms. The molecule has 1 aliphatic rings. The van der Waals surface area contributed by atoms with Crippen LogP contribution in [0.2, 0.25) is 0 Å². The number of rotatable bonds is 6. The molecular formula is C18H21F3O3. The van der Waals surface area contributed by atoms with Gasteiger partial charge in [0.15, 0.2) is 11.6 Å². The quantitative estimate of drug-likeness (QED) is 0.443. The van der Waals surface area contributed by atoms with Gasteiger partial charge in [0.05, 0.1) is 18.1 Å². The molecule has 2 rings (SSSR count). The lowest BCUT2D eigenvalue weighted by Gasteiger charge is -2.10. The molecule has 1 aliphatic carbocycles. The molecule has 0 aromatic heterocycles. The fourth-order valence-electron chi connectivity index (χ4n) is 3.00. The van der Waals surface area contributed by atoms with E-state index >= 15 is 0 Å². The fraction of sp³-hybridized carbons (Fsp3) is 0.500. The minimum absolute atomic E-state index is 0.0531. The standard InChI is InChI=1S/C18H21F3O3/c1-5-6-12-14(18(12,2)3)17(22)24-8-10-7-13(19)11(9-23-4)16(21)15(10)20/h5-7,12,14H,8-9H2,1-4H3/b6-5-. The van der Waals surface area contributed by atoms with E-state index < -0.39 is 35.6 Å². The summed E-state index contributed by atoms with van der Waals surface area (Å²) in [6.45, 7) is 4.84. The van der Waals surface area contributed by atoms with Crippen LogP contribution < -0.4 is 0 Å². The van der Waals surface area contributed by atoms with Crippen LogP contribution in [0.1, 0.15) is 31.9 Å². The molecule has 3 nitrogen and oxygen atoms in total. The van der Waals surface area contributed by atoms with Gasteiger partial charge in [0.1, 0.15) is 12.4 Å². The first-order chi connectivity index (χ1) is 11.3. The predicted octanol–water partition coefficient (Wildman–Crippen LogP) is 4.14. The van der Waals surface area contributed by atoms with Crippen molar-refractivity contribution >= 4 is 5.97 Å². The van der Waals surface area contributed by atoms with E-state index in [0.717, 1.165) is 6.07 Å². The average Bonchev–Trinajstić information content (AvgIpc) is 3.07. The SMILES string of the molecule is C/C=C\C1C(C(=O)OCc2cc(F)c(COC)c(F)c2F)C1(C)C. The molecule has 1 aromatic rings. The van der Waals surface area contributed by atoms with Crippen molar-refractivity contribution in [3.8, 4) is 0 Å². The summed E-state index contributed by atoms with van der Waals surface area (Å²) >= 11 is 0. The van der Waals surface area contributed by atoms with Crippen LogP contribution >= 0.6 is 0 Å². The minimum Gasteiger partial charge on any atom is -0.460 e. The second-order valence-corrected chi connectivity index (χ2v) is 6.52. The molecule has 0 aliphatic heterocycles. The van der Waals surface area contributed by atoms with Crippen LogP contribution in [-0.4, -0.2) is 13.1 Å². The highest BCUT2D eigenvalue weighted by Gasteiger charge is 2.61. The summed E-state index contributed by atoms with van der Waals surface area (Å²) < 4.78 is 51.4. The van der Waals surface area contributed by atoms with Gasteiger partial charge in [0, 0.05) is 12.7 Å². The van der Waals surface area contributed by atoms with Crippen molar-refractivity contribution in [1.29, 1.82) is 0 Å². The number of halogens is 3. The Bertz CT molecular complexity index is 668. The summed E-state index contributed by atoms with van der Waals surface area (Å²) in [7, 11) is 1.25. The van der Waals surface area contributed by atoms with E-state index in [0.29, 0.717) is 0 Å². The molecule has 0 spiro atoms. The van der Waals surface area contributed by atoms with Crippen molar-refractivity contribution in [3.63, 3.8) is 0 Å². The van der Waals surface area contributed by atoms with E-state index in [-0.39, 0.29) is 29.4 Å². The van der Waals surface area contributed by atoms with E-state index in [1.807, 2.05) is 32.9 Å². The average molecular weight is 342 g/mol. The zero-order chi connectivity index (χ0) is 18.1. The maximum absolute atomic E-state index is 14.0. The van der Waals surface area contributed by atoms with Crippen molar-refractivity contribution in [3.05, 3.63) is 46.8 Å². The highest BCUT2D eigenvalue weighted by Crippen LogP contribution is 2.59. The molecule has 2 atom stereocenters. The van der Waals surface area contributed by atoms with Crippen molar-refractivity contribution in [2.45, 2.75) is 34.0 Å². The lowest BCUT2D eigenvalue weighted by molar-refractivity contribution is -0.147. The molecule has 1 fully saturated rings. The zero-order valence-electron chi connectivity index (χ0n) is 14.2. The zero-order valence-corrected chi connectivity index (χ0v) is 14.2. The van der Waals surface area contributed by atoms with Crippen LogP contribution in [0.15, 0.2) is 18.2 Å². The summed E-state index contributed by atoms with van der Waals surface area (Å²) in [4.78, 5) is 12.1. The third-order valence-corrected chi connectivity index (χ3v) is 4.55. The Kier molecular flexibility index (Phi) is 5.38. The Morgan fingerprint density at radius 2 is 1.92 bits per heavy atom. The van der Waals surface area contributed by atoms with Crippen molar-refractivity contribution in [1.82, 2.24) is 0 Å². The van der Waals surface area contributed by atoms with E-state index in [9.17, 15) is 18.0 Å². The number of ether oxygens (including phenoxy) is 2. The van der Waals surface area contributed by atoms with Gasteiger partial charge in [-0.05, 0) is 24.3 Å². The van der Waals surface area contributed by atoms with Crippen LogP contribution in [-0.2, 0) is 27.5 Å². The third kappa shape index (κ3) is 3.34. The van der Waals surface area contributed by atoms with Gasteiger partial charge in [0.2, 0.25) is 0 Å². The van der Waals surface area contributed by atoms with Crippen molar-refractivity contribution in [2.24, 2.45) is 17.3 Å². The van der Waals surface area contributed by atoms with Gasteiger partial charge < -0.3 is 9.47 Å². The van der Waals surface area contributed by atoms with Crippen LogP contribution in [0.3, 0.4) is 0 Å². The van der Waals surface area contributed by atoms with E-state index in [1.165, 1.54) is 7.11 Å². The summed E-state index contributed by atoms with van der Waals surface area (Å²) in [6.07, 6.45) is 3.78. The Morgan fingerprint density at radius 3 is 2.50 bits per heavy atom. The number of carbonyl (C=O) groups is 1. The van der Waals surface area contributed by atoms with Gasteiger partial charge in [-0.25, -0.2) is 13.2 Å². The van der Waals surface area contributed by atoms with Crippen LogP contribution in [0.25, 0.3) is 0 Å². The molecule has 2 unspecified atom stereocenters. The first kappa shape index (κ1) is 18.5. The van der Waals surface area contributed by atoms with Gasteiger partial charge >= 0.3 is 5.97 Å². The normalized spacial score (nSPS) is 22.0. The Labute approximate surface area is 139 Å². The molecule has 6 heteroatoms. The highest BCUT2D eigenvalue weighted by molar-refractivity contribution is 5.78. The topological polar surface area (TPSA) is 35.5 Å². The Morgan fingerprint density at radius 1 is 1.25 bits per heavy atom. The lowest BCUT2D eigenvalue weighted by Crippen LogP contribution is -2.13. The largest absolute Gasteiger partial charge is 0.460 e. The summed E-state index contributed by atoms with van der Waals surface area (Å²) in [5, 5.41) is 0. The van der Waals surface area contributed by atoms with Gasteiger partial charge in [-0.3, -0.25) is 4.79 Å². The smallest absolute Gasteiger partial charge is 0.310 e. The molecule has 0 saturated heterocycles. The van der Waals surface area contributed by atoms with Gasteiger partial charge in [-0.1, -0.05) is 26.0 Å². The molecule has 1 saturated carbocycles. The van der Waals surface area contributed by atoms with Crippen LogP contribution in [0, 0.1) is 34.7 Å². The van der Waals surface area contributed by atoms with Crippen molar-refractivity contribution < 1.29 is 27.4 Å². The first-order valence-electron chi connectivity index (χ1n) is 7.69. The predicted molar refractivity (Wildman–Crippen MR) is 82.4 cm³/mol. The van der Waals surface area contributed by atoms with E-state index in [4.69, 9.17) is 4.74 Å². The second-order valence-electron chi connectivity index (χ2n) is 6.52. The molecule has 0 heterocycles. The summed E-state index contributed by atoms with van der Waals surface area (Å²) in [5.74, 6) is -4.25. The van der Waals surface area contributed by atoms with E-state index in [1.54, 1.807) is 0 Å². The molecule has 0 N–H and O–H groups in total. The Balaban J connectivity index is 2.09.